The van der Waals surface area contributed by atoms with Crippen LogP contribution in [0.3, 0.4) is 0 Å². The van der Waals surface area contributed by atoms with E-state index in [-0.39, 0.29) is 24.1 Å². The highest BCUT2D eigenvalue weighted by Crippen LogP contribution is 2.21. The van der Waals surface area contributed by atoms with E-state index in [2.05, 4.69) is 11.8 Å². The molecule has 2 rings (SSSR count). The number of likely N-dealkylation sites (N-methyl/N-ethyl adjacent to an activating group) is 1. The zero-order chi connectivity index (χ0) is 16.3. The normalized spacial score (nSPS) is 23.0. The number of amides is 1. The van der Waals surface area contributed by atoms with Gasteiger partial charge in [-0.2, -0.15) is 0 Å². The summed E-state index contributed by atoms with van der Waals surface area (Å²) in [4.78, 5) is 16.7. The van der Waals surface area contributed by atoms with Gasteiger partial charge in [0.2, 0.25) is 0 Å². The molecular formula is C17H25ClN2O2. The zero-order valence-electron chi connectivity index (χ0n) is 13.5. The molecule has 1 aliphatic rings. The second-order valence-electron chi connectivity index (χ2n) is 6.13. The molecule has 1 amide bonds. The van der Waals surface area contributed by atoms with Gasteiger partial charge in [-0.1, -0.05) is 24.9 Å². The van der Waals surface area contributed by atoms with Crippen LogP contribution in [0.25, 0.3) is 0 Å². The van der Waals surface area contributed by atoms with Crippen molar-refractivity contribution in [2.45, 2.75) is 44.9 Å². The highest BCUT2D eigenvalue weighted by atomic mass is 35.5. The lowest BCUT2D eigenvalue weighted by atomic mass is 9.98. The van der Waals surface area contributed by atoms with Crippen LogP contribution in [0.4, 0.5) is 0 Å². The fourth-order valence-corrected chi connectivity index (χ4v) is 3.00. The average Bonchev–Trinajstić information content (AvgIpc) is 2.52. The van der Waals surface area contributed by atoms with Crippen LogP contribution in [-0.2, 0) is 0 Å². The summed E-state index contributed by atoms with van der Waals surface area (Å²) in [5.74, 6) is 0.0174. The second kappa shape index (κ2) is 7.44. The van der Waals surface area contributed by atoms with Gasteiger partial charge in [-0.15, -0.1) is 0 Å². The molecule has 22 heavy (non-hydrogen) atoms. The maximum Gasteiger partial charge on any atom is 0.253 e. The molecule has 0 aliphatic carbocycles. The topological polar surface area (TPSA) is 43.8 Å². The van der Waals surface area contributed by atoms with E-state index in [1.807, 2.05) is 18.9 Å². The summed E-state index contributed by atoms with van der Waals surface area (Å²) in [6.07, 6.45) is 1.74. The summed E-state index contributed by atoms with van der Waals surface area (Å²) in [6.45, 7) is 5.66. The molecule has 1 aromatic carbocycles. The number of hydrogen-bond acceptors (Lipinski definition) is 3. The fraction of sp³-hybridized carbons (Fsp3) is 0.588. The van der Waals surface area contributed by atoms with Crippen molar-refractivity contribution in [3.8, 4) is 0 Å². The van der Waals surface area contributed by atoms with E-state index in [9.17, 15) is 9.90 Å². The van der Waals surface area contributed by atoms with Gasteiger partial charge in [-0.25, -0.2) is 0 Å². The van der Waals surface area contributed by atoms with E-state index < -0.39 is 0 Å². The Morgan fingerprint density at radius 1 is 1.45 bits per heavy atom. The van der Waals surface area contributed by atoms with Crippen molar-refractivity contribution in [3.63, 3.8) is 0 Å². The molecule has 122 valence electrons. The van der Waals surface area contributed by atoms with Crippen molar-refractivity contribution in [1.29, 1.82) is 0 Å². The molecule has 0 bridgehead atoms. The molecular weight excluding hydrogens is 300 g/mol. The number of aliphatic hydroxyl groups is 1. The van der Waals surface area contributed by atoms with E-state index in [4.69, 9.17) is 11.6 Å². The molecule has 4 nitrogen and oxygen atoms in total. The molecule has 5 heteroatoms. The molecule has 0 saturated carbocycles. The molecule has 1 aromatic rings. The van der Waals surface area contributed by atoms with E-state index >= 15 is 0 Å². The van der Waals surface area contributed by atoms with Crippen LogP contribution in [-0.4, -0.2) is 59.1 Å². The number of carbonyl (C=O) groups excluding carboxylic acids is 1. The smallest absolute Gasteiger partial charge is 0.253 e. The van der Waals surface area contributed by atoms with Crippen LogP contribution < -0.4 is 0 Å². The van der Waals surface area contributed by atoms with Crippen LogP contribution in [0.1, 0.15) is 37.0 Å². The van der Waals surface area contributed by atoms with Crippen LogP contribution >= 0.6 is 11.6 Å². The van der Waals surface area contributed by atoms with Crippen LogP contribution in [0.5, 0.6) is 0 Å². The molecule has 0 aromatic heterocycles. The molecule has 0 unspecified atom stereocenters. The van der Waals surface area contributed by atoms with E-state index in [0.29, 0.717) is 17.1 Å². The third kappa shape index (κ3) is 3.80. The third-order valence-corrected chi connectivity index (χ3v) is 4.83. The van der Waals surface area contributed by atoms with Crippen molar-refractivity contribution in [2.75, 3.05) is 20.1 Å². The lowest BCUT2D eigenvalue weighted by Crippen LogP contribution is -2.61. The molecule has 1 aliphatic heterocycles. The van der Waals surface area contributed by atoms with Gasteiger partial charge >= 0.3 is 0 Å². The van der Waals surface area contributed by atoms with Gasteiger partial charge < -0.3 is 10.0 Å². The Morgan fingerprint density at radius 2 is 2.09 bits per heavy atom. The molecule has 1 N–H and O–H groups in total. The number of carbonyl (C=O) groups is 1. The molecule has 0 spiro atoms. The minimum absolute atomic E-state index is 0.0174. The van der Waals surface area contributed by atoms with Crippen molar-refractivity contribution in [1.82, 2.24) is 9.80 Å². The molecule has 1 heterocycles. The lowest BCUT2D eigenvalue weighted by Gasteiger charge is -2.46. The van der Waals surface area contributed by atoms with Crippen LogP contribution in [0.15, 0.2) is 24.3 Å². The van der Waals surface area contributed by atoms with Crippen LogP contribution in [0, 0.1) is 0 Å². The minimum Gasteiger partial charge on any atom is -0.390 e. The summed E-state index contributed by atoms with van der Waals surface area (Å²) >= 11 is 5.88. The number of aliphatic hydroxyl groups excluding tert-OH is 1. The van der Waals surface area contributed by atoms with Gasteiger partial charge in [0.05, 0.1) is 6.10 Å². The number of benzene rings is 1. The van der Waals surface area contributed by atoms with Gasteiger partial charge in [0.25, 0.3) is 5.91 Å². The fourth-order valence-electron chi connectivity index (χ4n) is 2.88. The number of likely N-dealkylation sites (tertiary alicyclic amines) is 1. The van der Waals surface area contributed by atoms with Gasteiger partial charge in [0, 0.05) is 42.8 Å². The second-order valence-corrected chi connectivity index (χ2v) is 6.56. The Bertz CT molecular complexity index is 506. The first-order chi connectivity index (χ1) is 10.4. The molecule has 0 radical (unpaired) electrons. The molecule has 1 fully saturated rings. The molecule has 3 atom stereocenters. The van der Waals surface area contributed by atoms with Crippen LogP contribution in [0.2, 0.25) is 5.02 Å². The van der Waals surface area contributed by atoms with Crippen molar-refractivity contribution in [3.05, 3.63) is 34.9 Å². The average molecular weight is 325 g/mol. The summed E-state index contributed by atoms with van der Waals surface area (Å²) < 4.78 is 0. The quantitative estimate of drug-likeness (QED) is 0.875. The predicted octanol–water partition coefficient (Wildman–Crippen LogP) is 2.65. The number of rotatable bonds is 6. The highest BCUT2D eigenvalue weighted by Gasteiger charge is 2.36. The standard InChI is InChI=1S/C17H25ClN2O2/c1-4-5-15(10-20-11-16(21)12(20)2)19(3)17(22)13-6-8-14(18)9-7-13/h6-9,12,15-16,21H,4-5,10-11H2,1-3H3/t12-,15-,16-/m0/s1. The van der Waals surface area contributed by atoms with Crippen molar-refractivity contribution in [2.24, 2.45) is 0 Å². The predicted molar refractivity (Wildman–Crippen MR) is 89.3 cm³/mol. The van der Waals surface area contributed by atoms with Crippen molar-refractivity contribution < 1.29 is 9.90 Å². The first-order valence-electron chi connectivity index (χ1n) is 7.88. The maximum atomic E-state index is 12.6. The number of nitrogens with zero attached hydrogens (tertiary/aromatic N) is 2. The SMILES string of the molecule is CCC[C@@H](CN1C[C@H](O)[C@@H]1C)N(C)C(=O)c1ccc(Cl)cc1. The van der Waals surface area contributed by atoms with Gasteiger partial charge in [0.15, 0.2) is 0 Å². The number of halogens is 1. The van der Waals surface area contributed by atoms with Gasteiger partial charge in [0.1, 0.15) is 0 Å². The Kier molecular flexibility index (Phi) is 5.84. The summed E-state index contributed by atoms with van der Waals surface area (Å²) in [7, 11) is 1.86. The Hall–Kier alpha value is -1.10. The minimum atomic E-state index is -0.237. The monoisotopic (exact) mass is 324 g/mol. The van der Waals surface area contributed by atoms with Crippen molar-refractivity contribution >= 4 is 17.5 Å². The third-order valence-electron chi connectivity index (χ3n) is 4.58. The molecule has 1 saturated heterocycles. The van der Waals surface area contributed by atoms with E-state index in [1.165, 1.54) is 0 Å². The lowest BCUT2D eigenvalue weighted by molar-refractivity contribution is -0.0614. The first-order valence-corrected chi connectivity index (χ1v) is 8.26. The maximum absolute atomic E-state index is 12.6. The largest absolute Gasteiger partial charge is 0.390 e. The Balaban J connectivity index is 2.03. The summed E-state index contributed by atoms with van der Waals surface area (Å²) in [6, 6.07) is 7.35. The number of β-amino-alcohol motifs (C(OH)–C–C–N with tert-alkyl or cyclic N) is 1. The van der Waals surface area contributed by atoms with Gasteiger partial charge in [-0.05, 0) is 37.6 Å². The summed E-state index contributed by atoms with van der Waals surface area (Å²) in [5, 5.41) is 10.3. The van der Waals surface area contributed by atoms with E-state index in [1.54, 1.807) is 24.3 Å². The highest BCUT2D eigenvalue weighted by molar-refractivity contribution is 6.30. The Labute approximate surface area is 137 Å². The number of hydrogen-bond donors (Lipinski definition) is 1. The van der Waals surface area contributed by atoms with Gasteiger partial charge in [-0.3, -0.25) is 9.69 Å². The summed E-state index contributed by atoms with van der Waals surface area (Å²) in [5.41, 5.74) is 0.657. The Morgan fingerprint density at radius 3 is 2.59 bits per heavy atom. The first kappa shape index (κ1) is 17.3. The zero-order valence-corrected chi connectivity index (χ0v) is 14.3. The van der Waals surface area contributed by atoms with E-state index in [0.717, 1.165) is 19.4 Å².